The van der Waals surface area contributed by atoms with Crippen molar-refractivity contribution in [3.8, 4) is 23.0 Å². The summed E-state index contributed by atoms with van der Waals surface area (Å²) in [6.45, 7) is 2.06. The van der Waals surface area contributed by atoms with Crippen LogP contribution in [0.3, 0.4) is 0 Å². The van der Waals surface area contributed by atoms with Crippen LogP contribution in [0.1, 0.15) is 36.0 Å². The number of phenols is 1. The molecule has 4 N–H and O–H groups in total. The number of hydrogen-bond acceptors (Lipinski definition) is 8. The summed E-state index contributed by atoms with van der Waals surface area (Å²) >= 11 is 0. The molecule has 0 aliphatic heterocycles. The lowest BCUT2D eigenvalue weighted by atomic mass is 9.88. The van der Waals surface area contributed by atoms with Crippen LogP contribution in [0.4, 0.5) is 0 Å². The van der Waals surface area contributed by atoms with E-state index >= 15 is 0 Å². The number of benzene rings is 3. The fraction of sp³-hybridized carbons (Fsp3) is 0.357. The summed E-state index contributed by atoms with van der Waals surface area (Å²) in [4.78, 5) is 0. The number of aliphatic hydroxyl groups excluding tert-OH is 1. The predicted molar refractivity (Wildman–Crippen MR) is 146 cm³/mol. The van der Waals surface area contributed by atoms with Crippen LogP contribution in [0, 0.1) is 0 Å². The fourth-order valence-electron chi connectivity index (χ4n) is 4.01. The molecule has 3 aromatic rings. The smallest absolute Gasteiger partial charge is 0.209 e. The standard InChI is InChI=1S/C28H36N2O7S/c1-19(31)28(37-25-13-14-27(32)22(17-25)18-30-38(4,33)34)29-16-15-26(20-5-9-23(35-2)10-6-20)21-7-11-24(36-3)12-8-21/h5-14,17,19,26,28-32H,15-16,18H2,1-4H3. The minimum Gasteiger partial charge on any atom is -0.508 e. The maximum Gasteiger partial charge on any atom is 0.209 e. The van der Waals surface area contributed by atoms with Gasteiger partial charge in [0.25, 0.3) is 0 Å². The molecule has 0 bridgehead atoms. The molecule has 3 aromatic carbocycles. The van der Waals surface area contributed by atoms with E-state index in [9.17, 15) is 18.6 Å². The van der Waals surface area contributed by atoms with Crippen LogP contribution >= 0.6 is 0 Å². The van der Waals surface area contributed by atoms with E-state index < -0.39 is 22.4 Å². The van der Waals surface area contributed by atoms with Crippen molar-refractivity contribution < 1.29 is 32.8 Å². The van der Waals surface area contributed by atoms with Gasteiger partial charge in [-0.25, -0.2) is 13.1 Å². The minimum atomic E-state index is -3.43. The Morgan fingerprint density at radius 2 is 1.39 bits per heavy atom. The highest BCUT2D eigenvalue weighted by molar-refractivity contribution is 7.88. The van der Waals surface area contributed by atoms with E-state index in [0.29, 0.717) is 24.3 Å². The van der Waals surface area contributed by atoms with Crippen LogP contribution in [0.2, 0.25) is 0 Å². The minimum absolute atomic E-state index is 0.0584. The fourth-order valence-corrected chi connectivity index (χ4v) is 4.43. The molecule has 0 saturated heterocycles. The quantitative estimate of drug-likeness (QED) is 0.228. The van der Waals surface area contributed by atoms with E-state index in [1.165, 1.54) is 6.07 Å². The Labute approximate surface area is 224 Å². The zero-order valence-corrected chi connectivity index (χ0v) is 22.9. The molecule has 2 unspecified atom stereocenters. The Balaban J connectivity index is 1.72. The van der Waals surface area contributed by atoms with Gasteiger partial charge in [-0.05, 0) is 73.5 Å². The first kappa shape index (κ1) is 29.2. The van der Waals surface area contributed by atoms with Gasteiger partial charge in [-0.2, -0.15) is 0 Å². The highest BCUT2D eigenvalue weighted by atomic mass is 32.2. The zero-order valence-electron chi connectivity index (χ0n) is 22.0. The molecule has 0 aliphatic rings. The molecule has 9 nitrogen and oxygen atoms in total. The Morgan fingerprint density at radius 1 is 0.868 bits per heavy atom. The number of aliphatic hydroxyl groups is 1. The molecular weight excluding hydrogens is 508 g/mol. The number of aromatic hydroxyl groups is 1. The molecule has 0 saturated carbocycles. The normalized spacial score (nSPS) is 13.2. The van der Waals surface area contributed by atoms with Crippen molar-refractivity contribution in [3.63, 3.8) is 0 Å². The first-order chi connectivity index (χ1) is 18.1. The van der Waals surface area contributed by atoms with Crippen LogP contribution in [0.25, 0.3) is 0 Å². The molecule has 3 rings (SSSR count). The van der Waals surface area contributed by atoms with Gasteiger partial charge in [-0.3, -0.25) is 5.32 Å². The Morgan fingerprint density at radius 3 is 1.87 bits per heavy atom. The molecule has 0 amide bonds. The molecule has 0 aliphatic carbocycles. The third-order valence-corrected chi connectivity index (χ3v) is 6.76. The lowest BCUT2D eigenvalue weighted by Gasteiger charge is -2.25. The highest BCUT2D eigenvalue weighted by Crippen LogP contribution is 2.30. The summed E-state index contributed by atoms with van der Waals surface area (Å²) in [5.74, 6) is 1.95. The van der Waals surface area contributed by atoms with Crippen LogP contribution in [-0.4, -0.2) is 58.0 Å². The van der Waals surface area contributed by atoms with Crippen LogP contribution in [0.5, 0.6) is 23.0 Å². The Hall–Kier alpha value is -3.31. The summed E-state index contributed by atoms with van der Waals surface area (Å²) in [7, 11) is -0.162. The lowest BCUT2D eigenvalue weighted by Crippen LogP contribution is -2.43. The topological polar surface area (TPSA) is 126 Å². The molecule has 0 radical (unpaired) electrons. The van der Waals surface area contributed by atoms with Gasteiger partial charge in [0.05, 0.1) is 20.5 Å². The second-order valence-electron chi connectivity index (χ2n) is 9.00. The van der Waals surface area contributed by atoms with E-state index in [-0.39, 0.29) is 18.2 Å². The van der Waals surface area contributed by atoms with E-state index in [1.54, 1.807) is 33.3 Å². The van der Waals surface area contributed by atoms with E-state index in [4.69, 9.17) is 14.2 Å². The van der Waals surface area contributed by atoms with Gasteiger partial charge in [-0.15, -0.1) is 0 Å². The number of phenolic OH excluding ortho intramolecular Hbond substituents is 1. The summed E-state index contributed by atoms with van der Waals surface area (Å²) < 4.78 is 41.8. The van der Waals surface area contributed by atoms with Crippen molar-refractivity contribution in [1.82, 2.24) is 10.0 Å². The molecule has 38 heavy (non-hydrogen) atoms. The highest BCUT2D eigenvalue weighted by Gasteiger charge is 2.20. The molecule has 10 heteroatoms. The number of hydrogen-bond donors (Lipinski definition) is 4. The monoisotopic (exact) mass is 544 g/mol. The van der Waals surface area contributed by atoms with E-state index in [1.807, 2.05) is 48.5 Å². The van der Waals surface area contributed by atoms with Crippen molar-refractivity contribution in [3.05, 3.63) is 83.4 Å². The van der Waals surface area contributed by atoms with Crippen LogP contribution < -0.4 is 24.2 Å². The number of methoxy groups -OCH3 is 2. The van der Waals surface area contributed by atoms with Crippen molar-refractivity contribution in [2.45, 2.75) is 38.1 Å². The lowest BCUT2D eigenvalue weighted by molar-refractivity contribution is 0.0268. The first-order valence-corrected chi connectivity index (χ1v) is 14.1. The van der Waals surface area contributed by atoms with Gasteiger partial charge in [0.15, 0.2) is 6.23 Å². The maximum atomic E-state index is 11.4. The van der Waals surface area contributed by atoms with Crippen molar-refractivity contribution in [2.75, 3.05) is 27.0 Å². The molecule has 0 heterocycles. The van der Waals surface area contributed by atoms with Gasteiger partial charge >= 0.3 is 0 Å². The van der Waals surface area contributed by atoms with E-state index in [2.05, 4.69) is 10.0 Å². The number of sulfonamides is 1. The molecule has 0 aromatic heterocycles. The average Bonchev–Trinajstić information content (AvgIpc) is 2.90. The van der Waals surface area contributed by atoms with Crippen LogP contribution in [-0.2, 0) is 16.6 Å². The third kappa shape index (κ3) is 8.63. The molecular formula is C28H36N2O7S. The van der Waals surface area contributed by atoms with Gasteiger partial charge in [0, 0.05) is 18.0 Å². The van der Waals surface area contributed by atoms with E-state index in [0.717, 1.165) is 28.9 Å². The summed E-state index contributed by atoms with van der Waals surface area (Å²) in [6, 6.07) is 20.4. The van der Waals surface area contributed by atoms with Crippen LogP contribution in [0.15, 0.2) is 66.7 Å². The van der Waals surface area contributed by atoms with Gasteiger partial charge in [0.2, 0.25) is 10.0 Å². The molecule has 206 valence electrons. The predicted octanol–water partition coefficient (Wildman–Crippen LogP) is 3.36. The van der Waals surface area contributed by atoms with Gasteiger partial charge < -0.3 is 24.4 Å². The SMILES string of the molecule is COc1ccc(C(CCNC(Oc2ccc(O)c(CNS(C)(=O)=O)c2)C(C)O)c2ccc(OC)cc2)cc1. The Bertz CT molecular complexity index is 1220. The molecule has 0 fully saturated rings. The second kappa shape index (κ2) is 13.5. The second-order valence-corrected chi connectivity index (χ2v) is 10.8. The zero-order chi connectivity index (χ0) is 27.7. The first-order valence-electron chi connectivity index (χ1n) is 12.2. The van der Waals surface area contributed by atoms with Crippen molar-refractivity contribution in [2.24, 2.45) is 0 Å². The van der Waals surface area contributed by atoms with Gasteiger partial charge in [-0.1, -0.05) is 24.3 Å². The van der Waals surface area contributed by atoms with Crippen molar-refractivity contribution in [1.29, 1.82) is 0 Å². The molecule has 0 spiro atoms. The van der Waals surface area contributed by atoms with Crippen molar-refractivity contribution >= 4 is 10.0 Å². The summed E-state index contributed by atoms with van der Waals surface area (Å²) in [5, 5.41) is 23.7. The Kier molecular flexibility index (Phi) is 10.4. The number of rotatable bonds is 14. The number of nitrogens with one attached hydrogen (secondary N) is 2. The average molecular weight is 545 g/mol. The third-order valence-electron chi connectivity index (χ3n) is 6.09. The largest absolute Gasteiger partial charge is 0.508 e. The number of ether oxygens (including phenoxy) is 3. The summed E-state index contributed by atoms with van der Waals surface area (Å²) in [6.07, 6.45) is 0.178. The molecule has 2 atom stereocenters. The summed E-state index contributed by atoms with van der Waals surface area (Å²) in [5.41, 5.74) is 2.60. The van der Waals surface area contributed by atoms with Gasteiger partial charge in [0.1, 0.15) is 29.1 Å². The maximum absolute atomic E-state index is 11.4.